The Balaban J connectivity index is 1.93. The van der Waals surface area contributed by atoms with E-state index in [9.17, 15) is 14.4 Å². The fourth-order valence-electron chi connectivity index (χ4n) is 2.51. The lowest BCUT2D eigenvalue weighted by atomic mass is 10.1. The Bertz CT molecular complexity index is 901. The number of amides is 2. The minimum Gasteiger partial charge on any atom is -0.465 e. The lowest BCUT2D eigenvalue weighted by Crippen LogP contribution is -2.34. The van der Waals surface area contributed by atoms with Crippen LogP contribution in [0.4, 0.5) is 5.69 Å². The van der Waals surface area contributed by atoms with Gasteiger partial charge in [0.1, 0.15) is 0 Å². The van der Waals surface area contributed by atoms with Crippen LogP contribution in [0, 0.1) is 13.8 Å². The average molecular weight is 380 g/mol. The highest BCUT2D eigenvalue weighted by Crippen LogP contribution is 2.17. The smallest absolute Gasteiger partial charge is 0.337 e. The first-order valence-corrected chi connectivity index (χ1v) is 8.79. The topological polar surface area (TPSA) is 75.7 Å². The maximum Gasteiger partial charge on any atom is 0.337 e. The molecule has 0 spiro atoms. The summed E-state index contributed by atoms with van der Waals surface area (Å²) in [7, 11) is 2.89. The maximum absolute atomic E-state index is 12.2. The Morgan fingerprint density at radius 2 is 1.75 bits per heavy atom. The van der Waals surface area contributed by atoms with Crippen molar-refractivity contribution in [2.45, 2.75) is 13.8 Å². The zero-order chi connectivity index (χ0) is 20.7. The average Bonchev–Trinajstić information content (AvgIpc) is 2.69. The van der Waals surface area contributed by atoms with E-state index < -0.39 is 5.97 Å². The van der Waals surface area contributed by atoms with Gasteiger partial charge in [-0.3, -0.25) is 9.59 Å². The molecule has 0 unspecified atom stereocenters. The molecule has 0 radical (unpaired) electrons. The van der Waals surface area contributed by atoms with Crippen LogP contribution in [0.2, 0.25) is 0 Å². The van der Waals surface area contributed by atoms with Gasteiger partial charge in [0.15, 0.2) is 0 Å². The van der Waals surface area contributed by atoms with Crippen molar-refractivity contribution in [2.75, 3.05) is 26.0 Å². The van der Waals surface area contributed by atoms with E-state index in [4.69, 9.17) is 0 Å². The van der Waals surface area contributed by atoms with Crippen LogP contribution in [0.5, 0.6) is 0 Å². The molecule has 0 aliphatic heterocycles. The number of hydrogen-bond donors (Lipinski definition) is 1. The van der Waals surface area contributed by atoms with Crippen LogP contribution in [0.1, 0.15) is 27.0 Å². The molecule has 0 bridgehead atoms. The Morgan fingerprint density at radius 3 is 2.39 bits per heavy atom. The van der Waals surface area contributed by atoms with E-state index in [1.165, 1.54) is 18.1 Å². The van der Waals surface area contributed by atoms with Crippen LogP contribution in [-0.4, -0.2) is 43.4 Å². The molecular formula is C22H24N2O4. The van der Waals surface area contributed by atoms with Crippen LogP contribution in [-0.2, 0) is 14.3 Å². The molecule has 0 atom stereocenters. The minimum atomic E-state index is -0.416. The van der Waals surface area contributed by atoms with Crippen LogP contribution in [0.3, 0.4) is 0 Å². The molecule has 0 aliphatic carbocycles. The first-order chi connectivity index (χ1) is 13.3. The van der Waals surface area contributed by atoms with Gasteiger partial charge in [-0.25, -0.2) is 4.79 Å². The van der Waals surface area contributed by atoms with Crippen LogP contribution >= 0.6 is 0 Å². The van der Waals surface area contributed by atoms with Crippen molar-refractivity contribution >= 4 is 29.5 Å². The molecule has 0 aliphatic rings. The van der Waals surface area contributed by atoms with Gasteiger partial charge >= 0.3 is 5.97 Å². The van der Waals surface area contributed by atoms with E-state index in [0.29, 0.717) is 5.56 Å². The van der Waals surface area contributed by atoms with E-state index in [0.717, 1.165) is 22.4 Å². The summed E-state index contributed by atoms with van der Waals surface area (Å²) >= 11 is 0. The normalized spacial score (nSPS) is 10.6. The number of nitrogens with zero attached hydrogens (tertiary/aromatic N) is 1. The second-order valence-corrected chi connectivity index (χ2v) is 6.44. The van der Waals surface area contributed by atoms with E-state index in [-0.39, 0.29) is 18.4 Å². The number of aryl methyl sites for hydroxylation is 1. The monoisotopic (exact) mass is 380 g/mol. The van der Waals surface area contributed by atoms with E-state index in [2.05, 4.69) is 10.1 Å². The molecule has 0 aromatic heterocycles. The quantitative estimate of drug-likeness (QED) is 0.617. The van der Waals surface area contributed by atoms with Gasteiger partial charge in [-0.15, -0.1) is 0 Å². The van der Waals surface area contributed by atoms with Crippen LogP contribution in [0.25, 0.3) is 6.08 Å². The molecule has 6 nitrogen and oxygen atoms in total. The SMILES string of the molecule is COC(=O)c1ccc(/C=C/C(=O)N(C)CC(=O)Nc2cccc(C)c2C)cc1. The first kappa shape index (κ1) is 20.9. The summed E-state index contributed by atoms with van der Waals surface area (Å²) in [6, 6.07) is 12.4. The molecule has 2 rings (SSSR count). The molecule has 146 valence electrons. The molecule has 0 fully saturated rings. The number of carbonyl (C=O) groups excluding carboxylic acids is 3. The van der Waals surface area contributed by atoms with Crippen molar-refractivity contribution in [1.29, 1.82) is 0 Å². The molecule has 2 amide bonds. The van der Waals surface area contributed by atoms with E-state index in [1.54, 1.807) is 37.4 Å². The Hall–Kier alpha value is -3.41. The number of methoxy groups -OCH3 is 1. The summed E-state index contributed by atoms with van der Waals surface area (Å²) in [6.07, 6.45) is 3.01. The molecule has 0 saturated carbocycles. The predicted molar refractivity (Wildman–Crippen MR) is 109 cm³/mol. The molecule has 6 heteroatoms. The standard InChI is InChI=1S/C22H24N2O4/c1-15-6-5-7-19(16(15)2)23-20(25)14-24(3)21(26)13-10-17-8-11-18(12-9-17)22(27)28-4/h5-13H,14H2,1-4H3,(H,23,25)/b13-10+. The predicted octanol–water partition coefficient (Wildman–Crippen LogP) is 3.20. The Labute approximate surface area is 164 Å². The summed E-state index contributed by atoms with van der Waals surface area (Å²) in [5.41, 5.74) is 4.02. The number of hydrogen-bond acceptors (Lipinski definition) is 4. The highest BCUT2D eigenvalue weighted by molar-refractivity contribution is 5.98. The number of carbonyl (C=O) groups is 3. The number of benzene rings is 2. The fraction of sp³-hybridized carbons (Fsp3) is 0.227. The Morgan fingerprint density at radius 1 is 1.07 bits per heavy atom. The van der Waals surface area contributed by atoms with Crippen molar-refractivity contribution in [2.24, 2.45) is 0 Å². The molecule has 28 heavy (non-hydrogen) atoms. The summed E-state index contributed by atoms with van der Waals surface area (Å²) in [5.74, 6) is -0.977. The van der Waals surface area contributed by atoms with Gasteiger partial charge in [0, 0.05) is 18.8 Å². The zero-order valence-electron chi connectivity index (χ0n) is 16.5. The molecule has 0 heterocycles. The molecular weight excluding hydrogens is 356 g/mol. The van der Waals surface area contributed by atoms with Gasteiger partial charge in [0.05, 0.1) is 19.2 Å². The second-order valence-electron chi connectivity index (χ2n) is 6.44. The first-order valence-electron chi connectivity index (χ1n) is 8.79. The third-order valence-electron chi connectivity index (χ3n) is 4.39. The lowest BCUT2D eigenvalue weighted by Gasteiger charge is -2.16. The number of rotatable bonds is 6. The lowest BCUT2D eigenvalue weighted by molar-refractivity contribution is -0.129. The molecule has 2 aromatic rings. The second kappa shape index (κ2) is 9.50. The highest BCUT2D eigenvalue weighted by Gasteiger charge is 2.12. The van der Waals surface area contributed by atoms with E-state index >= 15 is 0 Å². The van der Waals surface area contributed by atoms with Gasteiger partial charge in [0.2, 0.25) is 11.8 Å². The minimum absolute atomic E-state index is 0.0577. The van der Waals surface area contributed by atoms with Crippen LogP contribution < -0.4 is 5.32 Å². The number of esters is 1. The number of ether oxygens (including phenoxy) is 1. The van der Waals surface area contributed by atoms with Crippen molar-refractivity contribution in [3.05, 3.63) is 70.8 Å². The maximum atomic E-state index is 12.2. The highest BCUT2D eigenvalue weighted by atomic mass is 16.5. The Kier molecular flexibility index (Phi) is 7.09. The zero-order valence-corrected chi connectivity index (χ0v) is 16.5. The number of likely N-dealkylation sites (N-methyl/N-ethyl adjacent to an activating group) is 1. The third-order valence-corrected chi connectivity index (χ3v) is 4.39. The summed E-state index contributed by atoms with van der Waals surface area (Å²) in [5, 5.41) is 2.83. The van der Waals surface area contributed by atoms with Crippen LogP contribution in [0.15, 0.2) is 48.5 Å². The van der Waals surface area contributed by atoms with Gasteiger partial charge in [-0.05, 0) is 54.8 Å². The summed E-state index contributed by atoms with van der Waals surface area (Å²) < 4.78 is 4.64. The van der Waals surface area contributed by atoms with Crippen molar-refractivity contribution in [3.63, 3.8) is 0 Å². The summed E-state index contributed by atoms with van der Waals surface area (Å²) in [6.45, 7) is 3.86. The fourth-order valence-corrected chi connectivity index (χ4v) is 2.51. The van der Waals surface area contributed by atoms with Gasteiger partial charge in [-0.1, -0.05) is 24.3 Å². The third kappa shape index (κ3) is 5.54. The van der Waals surface area contributed by atoms with Gasteiger partial charge in [0.25, 0.3) is 0 Å². The molecule has 0 saturated heterocycles. The number of anilines is 1. The molecule has 2 aromatic carbocycles. The largest absolute Gasteiger partial charge is 0.465 e. The number of nitrogens with one attached hydrogen (secondary N) is 1. The molecule has 1 N–H and O–H groups in total. The van der Waals surface area contributed by atoms with Gasteiger partial charge in [-0.2, -0.15) is 0 Å². The van der Waals surface area contributed by atoms with Crippen molar-refractivity contribution in [3.8, 4) is 0 Å². The van der Waals surface area contributed by atoms with Crippen molar-refractivity contribution in [1.82, 2.24) is 4.90 Å². The van der Waals surface area contributed by atoms with Gasteiger partial charge < -0.3 is 15.0 Å². The summed E-state index contributed by atoms with van der Waals surface area (Å²) in [4.78, 5) is 37.2. The van der Waals surface area contributed by atoms with E-state index in [1.807, 2.05) is 32.0 Å². The van der Waals surface area contributed by atoms with Crippen molar-refractivity contribution < 1.29 is 19.1 Å².